The minimum Gasteiger partial charge on any atom is -0.475 e. The van der Waals surface area contributed by atoms with Gasteiger partial charge < -0.3 is 29.2 Å². The molecule has 0 fully saturated rings. The second kappa shape index (κ2) is 11.5. The maximum Gasteiger partial charge on any atom is 0.407 e. The number of benzene rings is 1. The van der Waals surface area contributed by atoms with Crippen LogP contribution in [0, 0.1) is 6.92 Å². The second-order valence-corrected chi connectivity index (χ2v) is 9.50. The number of amides is 1. The van der Waals surface area contributed by atoms with Crippen LogP contribution in [0.2, 0.25) is 0 Å². The van der Waals surface area contributed by atoms with Crippen LogP contribution < -0.4 is 10.1 Å². The first-order chi connectivity index (χ1) is 18.2. The summed E-state index contributed by atoms with van der Waals surface area (Å²) in [5.74, 6) is 0.854. The molecule has 0 aliphatic rings. The van der Waals surface area contributed by atoms with Gasteiger partial charge in [-0.25, -0.2) is 19.7 Å². The van der Waals surface area contributed by atoms with Crippen LogP contribution in [0.15, 0.2) is 42.6 Å². The lowest BCUT2D eigenvalue weighted by molar-refractivity contribution is -0.111. The molecule has 11 nitrogen and oxygen atoms in total. The normalized spacial score (nSPS) is 11.7. The van der Waals surface area contributed by atoms with E-state index < -0.39 is 18.0 Å². The number of alkyl carbamates (subject to hydrolysis) is 1. The van der Waals surface area contributed by atoms with Crippen molar-refractivity contribution in [3.8, 4) is 28.5 Å². The molecule has 2 N–H and O–H groups in total. The van der Waals surface area contributed by atoms with Crippen LogP contribution in [0.3, 0.4) is 0 Å². The maximum atomic E-state index is 11.8. The number of ether oxygens (including phenoxy) is 4. The Morgan fingerprint density at radius 1 is 1.05 bits per heavy atom. The van der Waals surface area contributed by atoms with Gasteiger partial charge in [-0.3, -0.25) is 4.98 Å². The summed E-state index contributed by atoms with van der Waals surface area (Å²) in [6, 6.07) is 11.5. The monoisotopic (exact) mass is 520 g/mol. The van der Waals surface area contributed by atoms with Gasteiger partial charge in [-0.15, -0.1) is 0 Å². The fourth-order valence-corrected chi connectivity index (χ4v) is 3.73. The summed E-state index contributed by atoms with van der Waals surface area (Å²) >= 11 is 0. The van der Waals surface area contributed by atoms with Gasteiger partial charge in [-0.1, -0.05) is 12.1 Å². The average molecular weight is 521 g/mol. The molecular weight excluding hydrogens is 488 g/mol. The number of nitrogens with zero attached hydrogens (tertiary/aromatic N) is 4. The number of nitrogens with one attached hydrogen (secondary N) is 2. The lowest BCUT2D eigenvalue weighted by atomic mass is 10.1. The number of methoxy groups -OCH3 is 2. The second-order valence-electron chi connectivity index (χ2n) is 9.50. The Balaban J connectivity index is 1.59. The van der Waals surface area contributed by atoms with Gasteiger partial charge in [-0.05, 0) is 52.0 Å². The highest BCUT2D eigenvalue weighted by Gasteiger charge is 2.21. The molecule has 0 bridgehead atoms. The van der Waals surface area contributed by atoms with Gasteiger partial charge in [0, 0.05) is 25.5 Å². The van der Waals surface area contributed by atoms with Crippen LogP contribution in [-0.2, 0) is 14.2 Å². The van der Waals surface area contributed by atoms with Crippen LogP contribution in [-0.4, -0.2) is 64.0 Å². The van der Waals surface area contributed by atoms with Crippen LogP contribution in [0.4, 0.5) is 4.79 Å². The summed E-state index contributed by atoms with van der Waals surface area (Å²) in [4.78, 5) is 33.6. The summed E-state index contributed by atoms with van der Waals surface area (Å²) < 4.78 is 21.7. The smallest absolute Gasteiger partial charge is 0.407 e. The van der Waals surface area contributed by atoms with Crippen molar-refractivity contribution >= 4 is 17.1 Å². The molecule has 0 radical (unpaired) electrons. The quantitative estimate of drug-likeness (QED) is 0.240. The van der Waals surface area contributed by atoms with Gasteiger partial charge in [0.1, 0.15) is 12.2 Å². The first kappa shape index (κ1) is 27.0. The fourth-order valence-electron chi connectivity index (χ4n) is 3.73. The van der Waals surface area contributed by atoms with Gasteiger partial charge in [0.15, 0.2) is 5.82 Å². The maximum absolute atomic E-state index is 11.8. The SMILES string of the molecule is COC(OC)c1nc(-c2ccc3ncc(OCCNC(=O)OC(C)(C)C)nc3c2)c(-c2cccc(C)n2)[nH]1. The number of aromatic amines is 1. The number of aryl methyl sites for hydroxylation is 1. The summed E-state index contributed by atoms with van der Waals surface area (Å²) in [5.41, 5.74) is 4.60. The van der Waals surface area contributed by atoms with Crippen LogP contribution in [0.25, 0.3) is 33.7 Å². The van der Waals surface area contributed by atoms with E-state index >= 15 is 0 Å². The summed E-state index contributed by atoms with van der Waals surface area (Å²) in [5, 5.41) is 2.65. The molecule has 3 aromatic heterocycles. The highest BCUT2D eigenvalue weighted by Crippen LogP contribution is 2.33. The van der Waals surface area contributed by atoms with Gasteiger partial charge in [0.2, 0.25) is 12.2 Å². The van der Waals surface area contributed by atoms with Crippen molar-refractivity contribution in [2.24, 2.45) is 0 Å². The van der Waals surface area contributed by atoms with E-state index in [4.69, 9.17) is 23.9 Å². The minimum absolute atomic E-state index is 0.209. The summed E-state index contributed by atoms with van der Waals surface area (Å²) in [7, 11) is 3.11. The Morgan fingerprint density at radius 2 is 1.84 bits per heavy atom. The van der Waals surface area contributed by atoms with Crippen molar-refractivity contribution in [3.63, 3.8) is 0 Å². The van der Waals surface area contributed by atoms with Crippen molar-refractivity contribution < 1.29 is 23.7 Å². The van der Waals surface area contributed by atoms with Gasteiger partial charge in [-0.2, -0.15) is 0 Å². The van der Waals surface area contributed by atoms with Crippen molar-refractivity contribution in [3.05, 3.63) is 54.1 Å². The number of hydrogen-bond donors (Lipinski definition) is 2. The molecular formula is C27H32N6O5. The molecule has 3 heterocycles. The van der Waals surface area contributed by atoms with Crippen molar-refractivity contribution in [2.75, 3.05) is 27.4 Å². The number of pyridine rings is 1. The Labute approximate surface area is 220 Å². The van der Waals surface area contributed by atoms with Gasteiger partial charge in [0.05, 0.1) is 40.9 Å². The van der Waals surface area contributed by atoms with Crippen molar-refractivity contribution in [1.82, 2.24) is 30.2 Å². The van der Waals surface area contributed by atoms with Crippen LogP contribution in [0.5, 0.6) is 5.88 Å². The lowest BCUT2D eigenvalue weighted by Gasteiger charge is -2.19. The number of imidazole rings is 1. The molecule has 0 atom stereocenters. The van der Waals surface area contributed by atoms with E-state index in [1.165, 1.54) is 0 Å². The molecule has 11 heteroatoms. The zero-order valence-electron chi connectivity index (χ0n) is 22.4. The van der Waals surface area contributed by atoms with E-state index in [2.05, 4.69) is 25.3 Å². The van der Waals surface area contributed by atoms with E-state index in [-0.39, 0.29) is 13.2 Å². The Kier molecular flexibility index (Phi) is 8.18. The average Bonchev–Trinajstić information content (AvgIpc) is 3.31. The third-order valence-corrected chi connectivity index (χ3v) is 5.33. The highest BCUT2D eigenvalue weighted by atomic mass is 16.7. The molecule has 0 aliphatic heterocycles. The zero-order chi connectivity index (χ0) is 27.3. The molecule has 0 unspecified atom stereocenters. The summed E-state index contributed by atoms with van der Waals surface area (Å²) in [6.45, 7) is 7.82. The largest absolute Gasteiger partial charge is 0.475 e. The molecule has 0 saturated heterocycles. The summed E-state index contributed by atoms with van der Waals surface area (Å²) in [6.07, 6.45) is 0.380. The first-order valence-electron chi connectivity index (χ1n) is 12.1. The lowest BCUT2D eigenvalue weighted by Crippen LogP contribution is -2.34. The molecule has 0 saturated carbocycles. The fraction of sp³-hybridized carbons (Fsp3) is 0.370. The standard InChI is InChI=1S/C27H32N6O5/c1-16-8-7-9-19(30-16)23-22(32-24(33-23)25(35-5)36-6)17-10-11-18-20(14-17)31-21(15-29-18)37-13-12-28-26(34)38-27(2,3)4/h7-11,14-15,25H,12-13H2,1-6H3,(H,28,34)(H,32,33). The number of aromatic nitrogens is 5. The number of hydrogen-bond acceptors (Lipinski definition) is 9. The third-order valence-electron chi connectivity index (χ3n) is 5.33. The third kappa shape index (κ3) is 6.61. The Morgan fingerprint density at radius 3 is 2.55 bits per heavy atom. The van der Waals surface area contributed by atoms with Gasteiger partial charge in [0.25, 0.3) is 0 Å². The van der Waals surface area contributed by atoms with E-state index in [0.717, 1.165) is 22.6 Å². The Bertz CT molecular complexity index is 1410. The van der Waals surface area contributed by atoms with Crippen molar-refractivity contribution in [2.45, 2.75) is 39.6 Å². The molecule has 0 aliphatic carbocycles. The van der Waals surface area contributed by atoms with Crippen molar-refractivity contribution in [1.29, 1.82) is 0 Å². The topological polar surface area (TPSA) is 133 Å². The number of rotatable bonds is 9. The van der Waals surface area contributed by atoms with E-state index in [1.54, 1.807) is 41.2 Å². The van der Waals surface area contributed by atoms with Crippen LogP contribution >= 0.6 is 0 Å². The molecule has 4 rings (SSSR count). The van der Waals surface area contributed by atoms with E-state index in [1.807, 2.05) is 43.3 Å². The predicted molar refractivity (Wildman–Crippen MR) is 142 cm³/mol. The molecule has 1 aromatic carbocycles. The Hall–Kier alpha value is -4.09. The minimum atomic E-state index is -0.665. The molecule has 38 heavy (non-hydrogen) atoms. The molecule has 1 amide bonds. The molecule has 4 aromatic rings. The van der Waals surface area contributed by atoms with Crippen LogP contribution in [0.1, 0.15) is 38.6 Å². The zero-order valence-corrected chi connectivity index (χ0v) is 22.4. The molecule has 0 spiro atoms. The highest BCUT2D eigenvalue weighted by molar-refractivity contribution is 5.85. The van der Waals surface area contributed by atoms with E-state index in [0.29, 0.717) is 28.4 Å². The first-order valence-corrected chi connectivity index (χ1v) is 12.1. The van der Waals surface area contributed by atoms with E-state index in [9.17, 15) is 4.79 Å². The predicted octanol–water partition coefficient (Wildman–Crippen LogP) is 4.59. The number of carbonyl (C=O) groups is 1. The molecule has 200 valence electrons. The number of H-pyrrole nitrogens is 1. The number of carbonyl (C=O) groups excluding carboxylic acids is 1. The van der Waals surface area contributed by atoms with Gasteiger partial charge >= 0.3 is 6.09 Å². The number of fused-ring (bicyclic) bond motifs is 1.